The predicted molar refractivity (Wildman–Crippen MR) is 63.3 cm³/mol. The van der Waals surface area contributed by atoms with Crippen LogP contribution in [-0.4, -0.2) is 25.6 Å². The van der Waals surface area contributed by atoms with E-state index in [9.17, 15) is 13.5 Å². The van der Waals surface area contributed by atoms with Gasteiger partial charge in [0.1, 0.15) is 4.90 Å². The van der Waals surface area contributed by atoms with Crippen LogP contribution in [0.5, 0.6) is 0 Å². The van der Waals surface area contributed by atoms with E-state index in [2.05, 4.69) is 4.98 Å². The minimum Gasteiger partial charge on any atom is -0.364 e. The molecule has 92 valence electrons. The monoisotopic (exact) mass is 275 g/mol. The van der Waals surface area contributed by atoms with Crippen LogP contribution in [0.1, 0.15) is 11.9 Å². The van der Waals surface area contributed by atoms with E-state index in [1.54, 1.807) is 18.2 Å². The second-order valence-electron chi connectivity index (χ2n) is 3.48. The van der Waals surface area contributed by atoms with Gasteiger partial charge in [-0.15, -0.1) is 0 Å². The fourth-order valence-electron chi connectivity index (χ4n) is 1.61. The quantitative estimate of drug-likeness (QED) is 0.660. The number of aliphatic hydroxyl groups is 1. The summed E-state index contributed by atoms with van der Waals surface area (Å²) in [5, 5.41) is 9.95. The van der Waals surface area contributed by atoms with Crippen LogP contribution in [0, 0.1) is 0 Å². The van der Waals surface area contributed by atoms with Gasteiger partial charge in [0.15, 0.2) is 6.29 Å². The van der Waals surface area contributed by atoms with Crippen LogP contribution in [0.4, 0.5) is 0 Å². The zero-order chi connectivity index (χ0) is 12.6. The molecule has 1 unspecified atom stereocenters. The van der Waals surface area contributed by atoms with Crippen LogP contribution in [-0.2, 0) is 13.8 Å². The van der Waals surface area contributed by atoms with Crippen molar-refractivity contribution in [2.75, 3.05) is 7.11 Å². The van der Waals surface area contributed by atoms with E-state index in [-0.39, 0.29) is 4.90 Å². The summed E-state index contributed by atoms with van der Waals surface area (Å²) in [5.74, 6) is 0. The second kappa shape index (κ2) is 4.30. The largest absolute Gasteiger partial charge is 0.364 e. The van der Waals surface area contributed by atoms with Gasteiger partial charge in [-0.2, -0.15) is 0 Å². The van der Waals surface area contributed by atoms with Crippen molar-refractivity contribution >= 4 is 30.6 Å². The molecule has 17 heavy (non-hydrogen) atoms. The van der Waals surface area contributed by atoms with Crippen LogP contribution >= 0.6 is 10.7 Å². The minimum atomic E-state index is -3.78. The molecule has 0 fully saturated rings. The average Bonchev–Trinajstić information content (AvgIpc) is 2.70. The molecule has 0 saturated heterocycles. The first-order valence-corrected chi connectivity index (χ1v) is 7.01. The Morgan fingerprint density at radius 3 is 2.76 bits per heavy atom. The Morgan fingerprint density at radius 2 is 2.18 bits per heavy atom. The molecule has 0 bridgehead atoms. The Labute approximate surface area is 102 Å². The first kappa shape index (κ1) is 12.4. The maximum Gasteiger partial charge on any atom is 0.263 e. The lowest BCUT2D eigenvalue weighted by Crippen LogP contribution is -1.98. The summed E-state index contributed by atoms with van der Waals surface area (Å²) in [7, 11) is 2.88. The Bertz CT molecular complexity index is 649. The first-order chi connectivity index (χ1) is 7.93. The number of rotatable bonds is 3. The SMILES string of the molecule is COC(O)c1ccc2c(S(=O)(=O)Cl)c[nH]c2c1. The summed E-state index contributed by atoms with van der Waals surface area (Å²) in [6.45, 7) is 0. The van der Waals surface area contributed by atoms with Crippen molar-refractivity contribution in [1.82, 2.24) is 4.98 Å². The summed E-state index contributed by atoms with van der Waals surface area (Å²) in [6, 6.07) is 4.75. The fraction of sp³-hybridized carbons (Fsp3) is 0.200. The third-order valence-corrected chi connectivity index (χ3v) is 3.80. The molecule has 2 N–H and O–H groups in total. The molecule has 1 aromatic carbocycles. The summed E-state index contributed by atoms with van der Waals surface area (Å²) in [5.41, 5.74) is 1.10. The van der Waals surface area contributed by atoms with Gasteiger partial charge < -0.3 is 14.8 Å². The molecule has 0 aliphatic carbocycles. The van der Waals surface area contributed by atoms with Crippen molar-refractivity contribution in [3.05, 3.63) is 30.0 Å². The van der Waals surface area contributed by atoms with Crippen molar-refractivity contribution in [3.8, 4) is 0 Å². The molecule has 2 aromatic rings. The molecule has 0 radical (unpaired) electrons. The summed E-state index contributed by atoms with van der Waals surface area (Å²) in [4.78, 5) is 2.80. The zero-order valence-electron chi connectivity index (χ0n) is 8.84. The highest BCUT2D eigenvalue weighted by Gasteiger charge is 2.17. The Hall–Kier alpha value is -1.08. The number of nitrogens with one attached hydrogen (secondary N) is 1. The topological polar surface area (TPSA) is 79.4 Å². The number of methoxy groups -OCH3 is 1. The highest BCUT2D eigenvalue weighted by Crippen LogP contribution is 2.27. The van der Waals surface area contributed by atoms with Crippen LogP contribution in [0.15, 0.2) is 29.3 Å². The molecule has 1 heterocycles. The van der Waals surface area contributed by atoms with Crippen LogP contribution in [0.3, 0.4) is 0 Å². The highest BCUT2D eigenvalue weighted by molar-refractivity contribution is 8.14. The molecule has 0 aliphatic heterocycles. The van der Waals surface area contributed by atoms with Gasteiger partial charge in [-0.05, 0) is 6.07 Å². The van der Waals surface area contributed by atoms with E-state index in [4.69, 9.17) is 15.4 Å². The number of aromatic nitrogens is 1. The van der Waals surface area contributed by atoms with Gasteiger partial charge in [0.05, 0.1) is 0 Å². The molecule has 1 aromatic heterocycles. The van der Waals surface area contributed by atoms with E-state index in [1.807, 2.05) is 0 Å². The maximum absolute atomic E-state index is 11.3. The minimum absolute atomic E-state index is 0.0209. The lowest BCUT2D eigenvalue weighted by Gasteiger charge is -2.08. The van der Waals surface area contributed by atoms with E-state index in [0.717, 1.165) is 0 Å². The van der Waals surface area contributed by atoms with Gasteiger partial charge in [-0.25, -0.2) is 8.42 Å². The van der Waals surface area contributed by atoms with Gasteiger partial charge in [0.25, 0.3) is 9.05 Å². The average molecular weight is 276 g/mol. The van der Waals surface area contributed by atoms with E-state index in [0.29, 0.717) is 16.5 Å². The Morgan fingerprint density at radius 1 is 1.47 bits per heavy atom. The number of hydrogen-bond donors (Lipinski definition) is 2. The Kier molecular flexibility index (Phi) is 3.13. The normalized spacial score (nSPS) is 14.1. The lowest BCUT2D eigenvalue weighted by molar-refractivity contribution is -0.0768. The number of fused-ring (bicyclic) bond motifs is 1. The molecule has 2 rings (SSSR count). The Balaban J connectivity index is 2.60. The molecule has 1 atom stereocenters. The molecule has 7 heteroatoms. The number of aromatic amines is 1. The first-order valence-electron chi connectivity index (χ1n) is 4.70. The summed E-state index contributed by atoms with van der Waals surface area (Å²) >= 11 is 0. The van der Waals surface area contributed by atoms with E-state index >= 15 is 0 Å². The van der Waals surface area contributed by atoms with Crippen LogP contribution < -0.4 is 0 Å². The molecule has 0 amide bonds. The van der Waals surface area contributed by atoms with Gasteiger partial charge in [-0.1, -0.05) is 12.1 Å². The van der Waals surface area contributed by atoms with Crippen molar-refractivity contribution < 1.29 is 18.3 Å². The lowest BCUT2D eigenvalue weighted by atomic mass is 10.1. The zero-order valence-corrected chi connectivity index (χ0v) is 10.4. The summed E-state index contributed by atoms with van der Waals surface area (Å²) < 4.78 is 27.3. The number of halogens is 1. The number of H-pyrrole nitrogens is 1. The van der Waals surface area contributed by atoms with Crippen molar-refractivity contribution in [2.24, 2.45) is 0 Å². The smallest absolute Gasteiger partial charge is 0.263 e. The standard InChI is InChI=1S/C10H10ClNO4S/c1-16-10(13)6-2-3-7-8(4-6)12-5-9(7)17(11,14)15/h2-5,10,12-13H,1H3. The van der Waals surface area contributed by atoms with Crippen molar-refractivity contribution in [2.45, 2.75) is 11.2 Å². The number of hydrogen-bond acceptors (Lipinski definition) is 4. The molecule has 0 spiro atoms. The van der Waals surface area contributed by atoms with Crippen LogP contribution in [0.2, 0.25) is 0 Å². The maximum atomic E-state index is 11.3. The van der Waals surface area contributed by atoms with Gasteiger partial charge in [0, 0.05) is 40.5 Å². The summed E-state index contributed by atoms with van der Waals surface area (Å²) in [6.07, 6.45) is 0.273. The molecular formula is C10H10ClNO4S. The van der Waals surface area contributed by atoms with Crippen molar-refractivity contribution in [3.63, 3.8) is 0 Å². The van der Waals surface area contributed by atoms with E-state index < -0.39 is 15.3 Å². The number of ether oxygens (including phenoxy) is 1. The number of aliphatic hydroxyl groups excluding tert-OH is 1. The second-order valence-corrected chi connectivity index (χ2v) is 6.02. The fourth-order valence-corrected chi connectivity index (χ4v) is 2.63. The van der Waals surface area contributed by atoms with Gasteiger partial charge in [0.2, 0.25) is 0 Å². The molecule has 5 nitrogen and oxygen atoms in total. The molecule has 0 aliphatic rings. The third-order valence-electron chi connectivity index (χ3n) is 2.44. The predicted octanol–water partition coefficient (Wildman–Crippen LogP) is 1.73. The molecular weight excluding hydrogens is 266 g/mol. The third kappa shape index (κ3) is 2.30. The highest BCUT2D eigenvalue weighted by atomic mass is 35.7. The van der Waals surface area contributed by atoms with Crippen LogP contribution in [0.25, 0.3) is 10.9 Å². The van der Waals surface area contributed by atoms with Crippen molar-refractivity contribution in [1.29, 1.82) is 0 Å². The molecule has 0 saturated carbocycles. The number of benzene rings is 1. The van der Waals surface area contributed by atoms with E-state index in [1.165, 1.54) is 13.3 Å². The van der Waals surface area contributed by atoms with Gasteiger partial charge in [-0.3, -0.25) is 0 Å². The van der Waals surface area contributed by atoms with Gasteiger partial charge >= 0.3 is 0 Å².